The maximum atomic E-state index is 12.2. The molecule has 0 radical (unpaired) electrons. The number of aryl methyl sites for hydroxylation is 1. The van der Waals surface area contributed by atoms with Crippen LogP contribution in [-0.4, -0.2) is 13.3 Å². The zero-order chi connectivity index (χ0) is 15.6. The second kappa shape index (κ2) is 5.82. The van der Waals surface area contributed by atoms with Gasteiger partial charge in [-0.1, -0.05) is 33.6 Å². The third-order valence-electron chi connectivity index (χ3n) is 2.73. The molecule has 0 aliphatic rings. The van der Waals surface area contributed by atoms with Crippen LogP contribution in [0.4, 0.5) is 11.4 Å². The lowest BCUT2D eigenvalue weighted by molar-refractivity contribution is -0.384. The van der Waals surface area contributed by atoms with Crippen LogP contribution in [0.2, 0.25) is 0 Å². The average molecular weight is 371 g/mol. The molecule has 1 N–H and O–H groups in total. The number of halogens is 1. The monoisotopic (exact) mass is 370 g/mol. The van der Waals surface area contributed by atoms with Gasteiger partial charge in [0.05, 0.1) is 9.82 Å². The van der Waals surface area contributed by atoms with Gasteiger partial charge in [-0.2, -0.15) is 0 Å². The molecule has 8 heteroatoms. The van der Waals surface area contributed by atoms with Crippen molar-refractivity contribution in [3.05, 3.63) is 62.6 Å². The SMILES string of the molecule is Cc1ccc(S(=O)(=O)Nc2ccc(Br)cc2[N+](=O)[O-])cc1. The molecule has 0 aliphatic carbocycles. The molecule has 2 rings (SSSR count). The van der Waals surface area contributed by atoms with E-state index in [1.165, 1.54) is 30.3 Å². The molecule has 0 heterocycles. The van der Waals surface area contributed by atoms with E-state index in [1.54, 1.807) is 12.1 Å². The minimum Gasteiger partial charge on any atom is -0.273 e. The summed E-state index contributed by atoms with van der Waals surface area (Å²) in [4.78, 5) is 10.4. The molecule has 0 aliphatic heterocycles. The fourth-order valence-electron chi connectivity index (χ4n) is 1.66. The van der Waals surface area contributed by atoms with E-state index in [-0.39, 0.29) is 16.3 Å². The number of nitro benzene ring substituents is 1. The summed E-state index contributed by atoms with van der Waals surface area (Å²) in [6.45, 7) is 1.84. The Labute approximate surface area is 130 Å². The molecule has 0 spiro atoms. The Bertz CT molecular complexity index is 788. The summed E-state index contributed by atoms with van der Waals surface area (Å²) < 4.78 is 27.2. The highest BCUT2D eigenvalue weighted by atomic mass is 79.9. The van der Waals surface area contributed by atoms with Crippen LogP contribution in [0.1, 0.15) is 5.56 Å². The van der Waals surface area contributed by atoms with Gasteiger partial charge < -0.3 is 0 Å². The van der Waals surface area contributed by atoms with E-state index in [0.717, 1.165) is 5.56 Å². The lowest BCUT2D eigenvalue weighted by Gasteiger charge is -2.09. The normalized spacial score (nSPS) is 11.1. The van der Waals surface area contributed by atoms with Crippen molar-refractivity contribution in [2.75, 3.05) is 4.72 Å². The van der Waals surface area contributed by atoms with Crippen LogP contribution in [0, 0.1) is 17.0 Å². The second-order valence-electron chi connectivity index (χ2n) is 4.34. The van der Waals surface area contributed by atoms with Crippen molar-refractivity contribution < 1.29 is 13.3 Å². The number of hydrogen-bond donors (Lipinski definition) is 1. The fraction of sp³-hybridized carbons (Fsp3) is 0.0769. The average Bonchev–Trinajstić information content (AvgIpc) is 2.41. The molecule has 0 unspecified atom stereocenters. The quantitative estimate of drug-likeness (QED) is 0.658. The second-order valence-corrected chi connectivity index (χ2v) is 6.94. The minimum atomic E-state index is -3.87. The smallest absolute Gasteiger partial charge is 0.273 e. The summed E-state index contributed by atoms with van der Waals surface area (Å²) in [7, 11) is -3.87. The van der Waals surface area contributed by atoms with Crippen molar-refractivity contribution in [3.63, 3.8) is 0 Å². The zero-order valence-electron chi connectivity index (χ0n) is 10.9. The molecule has 0 amide bonds. The van der Waals surface area contributed by atoms with Crippen molar-refractivity contribution in [1.29, 1.82) is 0 Å². The van der Waals surface area contributed by atoms with Crippen LogP contribution in [0.25, 0.3) is 0 Å². The molecule has 21 heavy (non-hydrogen) atoms. The van der Waals surface area contributed by atoms with Gasteiger partial charge in [-0.15, -0.1) is 0 Å². The van der Waals surface area contributed by atoms with Crippen LogP contribution in [0.15, 0.2) is 51.8 Å². The Morgan fingerprint density at radius 2 is 1.76 bits per heavy atom. The van der Waals surface area contributed by atoms with E-state index in [2.05, 4.69) is 20.7 Å². The van der Waals surface area contributed by atoms with Crippen molar-refractivity contribution in [2.24, 2.45) is 0 Å². The first kappa shape index (κ1) is 15.5. The number of hydrogen-bond acceptors (Lipinski definition) is 4. The number of nitrogens with zero attached hydrogens (tertiary/aromatic N) is 1. The van der Waals surface area contributed by atoms with Gasteiger partial charge >= 0.3 is 0 Å². The first-order valence-electron chi connectivity index (χ1n) is 5.83. The number of anilines is 1. The number of nitrogens with one attached hydrogen (secondary N) is 1. The van der Waals surface area contributed by atoms with Crippen molar-refractivity contribution in [2.45, 2.75) is 11.8 Å². The molecule has 0 fully saturated rings. The van der Waals surface area contributed by atoms with Gasteiger partial charge in [0.2, 0.25) is 0 Å². The van der Waals surface area contributed by atoms with Gasteiger partial charge in [0.25, 0.3) is 15.7 Å². The number of sulfonamides is 1. The van der Waals surface area contributed by atoms with E-state index >= 15 is 0 Å². The lowest BCUT2D eigenvalue weighted by Crippen LogP contribution is -2.14. The van der Waals surface area contributed by atoms with Gasteiger partial charge in [0.15, 0.2) is 0 Å². The van der Waals surface area contributed by atoms with E-state index in [4.69, 9.17) is 0 Å². The highest BCUT2D eigenvalue weighted by Gasteiger charge is 2.21. The molecule has 6 nitrogen and oxygen atoms in total. The third-order valence-corrected chi connectivity index (χ3v) is 4.61. The van der Waals surface area contributed by atoms with E-state index < -0.39 is 14.9 Å². The Balaban J connectivity index is 2.41. The molecule has 2 aromatic rings. The summed E-state index contributed by atoms with van der Waals surface area (Å²) in [5.41, 5.74) is 0.521. The molecule has 2 aromatic carbocycles. The molecular formula is C13H11BrN2O4S. The van der Waals surface area contributed by atoms with Crippen LogP contribution >= 0.6 is 15.9 Å². The van der Waals surface area contributed by atoms with E-state index in [9.17, 15) is 18.5 Å². The zero-order valence-corrected chi connectivity index (χ0v) is 13.3. The Morgan fingerprint density at radius 1 is 1.14 bits per heavy atom. The van der Waals surface area contributed by atoms with Crippen molar-refractivity contribution in [3.8, 4) is 0 Å². The molecular weight excluding hydrogens is 360 g/mol. The molecule has 0 saturated heterocycles. The van der Waals surface area contributed by atoms with E-state index in [1.807, 2.05) is 6.92 Å². The summed E-state index contributed by atoms with van der Waals surface area (Å²) >= 11 is 3.12. The van der Waals surface area contributed by atoms with Crippen LogP contribution in [0.5, 0.6) is 0 Å². The standard InChI is InChI=1S/C13H11BrN2O4S/c1-9-2-5-11(6-3-9)21(19,20)15-12-7-4-10(14)8-13(12)16(17)18/h2-8,15H,1H3. The highest BCUT2D eigenvalue weighted by Crippen LogP contribution is 2.29. The minimum absolute atomic E-state index is 0.0466. The number of nitro groups is 1. The summed E-state index contributed by atoms with van der Waals surface area (Å²) in [5, 5.41) is 11.0. The first-order chi connectivity index (χ1) is 9.79. The number of benzene rings is 2. The maximum Gasteiger partial charge on any atom is 0.294 e. The Kier molecular flexibility index (Phi) is 4.29. The van der Waals surface area contributed by atoms with Gasteiger partial charge in [-0.05, 0) is 31.2 Å². The van der Waals surface area contributed by atoms with Crippen LogP contribution < -0.4 is 4.72 Å². The summed E-state index contributed by atoms with van der Waals surface area (Å²) in [5.74, 6) is 0. The molecule has 110 valence electrons. The first-order valence-corrected chi connectivity index (χ1v) is 8.10. The van der Waals surface area contributed by atoms with Gasteiger partial charge in [-0.25, -0.2) is 8.42 Å². The topological polar surface area (TPSA) is 89.3 Å². The molecule has 0 saturated carbocycles. The summed E-state index contributed by atoms with van der Waals surface area (Å²) in [6, 6.07) is 10.3. The molecule has 0 aromatic heterocycles. The van der Waals surface area contributed by atoms with Gasteiger partial charge in [0, 0.05) is 10.5 Å². The Hall–Kier alpha value is -1.93. The van der Waals surface area contributed by atoms with Crippen molar-refractivity contribution >= 4 is 37.3 Å². The third kappa shape index (κ3) is 3.59. The number of rotatable bonds is 4. The predicted molar refractivity (Wildman–Crippen MR) is 82.8 cm³/mol. The predicted octanol–water partition coefficient (Wildman–Crippen LogP) is 3.47. The molecule has 0 bridgehead atoms. The fourth-order valence-corrected chi connectivity index (χ4v) is 3.09. The molecule has 0 atom stereocenters. The lowest BCUT2D eigenvalue weighted by atomic mass is 10.2. The maximum absolute atomic E-state index is 12.2. The van der Waals surface area contributed by atoms with Crippen LogP contribution in [-0.2, 0) is 10.0 Å². The van der Waals surface area contributed by atoms with E-state index in [0.29, 0.717) is 4.47 Å². The van der Waals surface area contributed by atoms with Gasteiger partial charge in [-0.3, -0.25) is 14.8 Å². The van der Waals surface area contributed by atoms with Crippen molar-refractivity contribution in [1.82, 2.24) is 0 Å². The largest absolute Gasteiger partial charge is 0.294 e. The van der Waals surface area contributed by atoms with Gasteiger partial charge in [0.1, 0.15) is 5.69 Å². The van der Waals surface area contributed by atoms with Crippen LogP contribution in [0.3, 0.4) is 0 Å². The highest BCUT2D eigenvalue weighted by molar-refractivity contribution is 9.10. The summed E-state index contributed by atoms with van der Waals surface area (Å²) in [6.07, 6.45) is 0. The Morgan fingerprint density at radius 3 is 2.33 bits per heavy atom.